The molecule has 41 heavy (non-hydrogen) atoms. The van der Waals surface area contributed by atoms with Crippen molar-refractivity contribution in [1.29, 1.82) is 0 Å². The third-order valence-electron chi connectivity index (χ3n) is 5.65. The highest BCUT2D eigenvalue weighted by molar-refractivity contribution is 5.89. The Morgan fingerprint density at radius 1 is 0.976 bits per heavy atom. The molecule has 1 aromatic carbocycles. The number of hydrogen-bond acceptors (Lipinski definition) is 8. The molecule has 0 aliphatic heterocycles. The molecular formula is C30H33F2N7O2. The molecule has 4 aromatic heterocycles. The van der Waals surface area contributed by atoms with Crippen molar-refractivity contribution in [3.8, 4) is 22.5 Å². The minimum atomic E-state index is -2.71. The second-order valence-electron chi connectivity index (χ2n) is 9.68. The molecule has 0 amide bonds. The van der Waals surface area contributed by atoms with E-state index in [1.807, 2.05) is 88.4 Å². The topological polar surface area (TPSA) is 117 Å². The van der Waals surface area contributed by atoms with Crippen molar-refractivity contribution >= 4 is 23.8 Å². The number of carbonyl (C=O) groups excluding carboxylic acids is 1. The van der Waals surface area contributed by atoms with Crippen LogP contribution >= 0.6 is 0 Å². The summed E-state index contributed by atoms with van der Waals surface area (Å²) in [5.41, 5.74) is 3.69. The molecule has 0 saturated heterocycles. The second-order valence-corrected chi connectivity index (χ2v) is 9.68. The van der Waals surface area contributed by atoms with Gasteiger partial charge in [0, 0.05) is 42.4 Å². The number of alkyl halides is 2. The molecule has 0 saturated carbocycles. The Balaban J connectivity index is 0.00000111. The molecule has 0 fully saturated rings. The number of fused-ring (bicyclic) bond motifs is 1. The quantitative estimate of drug-likeness (QED) is 0.220. The highest BCUT2D eigenvalue weighted by Gasteiger charge is 2.22. The van der Waals surface area contributed by atoms with Crippen molar-refractivity contribution in [2.45, 2.75) is 39.3 Å². The third kappa shape index (κ3) is 7.67. The monoisotopic (exact) mass is 561 g/mol. The summed E-state index contributed by atoms with van der Waals surface area (Å²) >= 11 is 0. The van der Waals surface area contributed by atoms with E-state index in [4.69, 9.17) is 20.0 Å². The molecule has 5 rings (SSSR count). The molecule has 4 heterocycles. The van der Waals surface area contributed by atoms with Crippen LogP contribution < -0.4 is 10.6 Å². The maximum Gasteiger partial charge on any atom is 0.282 e. The minimum Gasteiger partial charge on any atom is -0.400 e. The van der Waals surface area contributed by atoms with Gasteiger partial charge >= 0.3 is 0 Å². The number of nitrogens with zero attached hydrogens (tertiary/aromatic N) is 5. The summed E-state index contributed by atoms with van der Waals surface area (Å²) in [5.74, 6) is 0.958. The lowest BCUT2D eigenvalue weighted by Crippen LogP contribution is -2.27. The average Bonchev–Trinajstić information content (AvgIpc) is 3.42. The largest absolute Gasteiger partial charge is 0.400 e. The fourth-order valence-corrected chi connectivity index (χ4v) is 4.07. The lowest BCUT2D eigenvalue weighted by molar-refractivity contribution is -0.0980. The van der Waals surface area contributed by atoms with Gasteiger partial charge in [-0.2, -0.15) is 0 Å². The highest BCUT2D eigenvalue weighted by atomic mass is 19.3. The van der Waals surface area contributed by atoms with E-state index < -0.39 is 12.0 Å². The molecular weight excluding hydrogens is 528 g/mol. The molecule has 214 valence electrons. The summed E-state index contributed by atoms with van der Waals surface area (Å²) in [5, 5.41) is 18.3. The first-order valence-electron chi connectivity index (χ1n) is 12.7. The van der Waals surface area contributed by atoms with Gasteiger partial charge in [0.2, 0.25) is 0 Å². The zero-order chi connectivity index (χ0) is 30.0. The first-order valence-corrected chi connectivity index (χ1v) is 12.7. The molecule has 0 aliphatic rings. The van der Waals surface area contributed by atoms with Crippen LogP contribution in [-0.4, -0.2) is 49.1 Å². The van der Waals surface area contributed by atoms with Gasteiger partial charge in [0.1, 0.15) is 18.0 Å². The number of carbonyl (C=O) groups is 1. The molecule has 9 nitrogen and oxygen atoms in total. The van der Waals surface area contributed by atoms with Gasteiger partial charge in [0.25, 0.3) is 6.43 Å². The van der Waals surface area contributed by atoms with E-state index in [0.717, 1.165) is 29.4 Å². The van der Waals surface area contributed by atoms with E-state index in [-0.39, 0.29) is 11.4 Å². The van der Waals surface area contributed by atoms with Crippen LogP contribution in [0.15, 0.2) is 79.3 Å². The van der Waals surface area contributed by atoms with Gasteiger partial charge in [0.15, 0.2) is 11.6 Å². The molecule has 0 spiro atoms. The van der Waals surface area contributed by atoms with Crippen LogP contribution in [0.5, 0.6) is 0 Å². The van der Waals surface area contributed by atoms with Gasteiger partial charge in [-0.3, -0.25) is 9.97 Å². The van der Waals surface area contributed by atoms with Crippen LogP contribution in [-0.2, 0) is 11.3 Å². The zero-order valence-electron chi connectivity index (χ0n) is 23.3. The summed E-state index contributed by atoms with van der Waals surface area (Å²) in [7, 11) is 1.00. The number of halogens is 2. The van der Waals surface area contributed by atoms with Gasteiger partial charge in [-0.15, -0.1) is 5.10 Å². The van der Waals surface area contributed by atoms with Gasteiger partial charge in [-0.25, -0.2) is 18.3 Å². The third-order valence-corrected chi connectivity index (χ3v) is 5.65. The van der Waals surface area contributed by atoms with Crippen LogP contribution in [0.25, 0.3) is 28.0 Å². The molecule has 5 aromatic rings. The van der Waals surface area contributed by atoms with Gasteiger partial charge in [0.05, 0.1) is 17.9 Å². The second kappa shape index (κ2) is 14.0. The van der Waals surface area contributed by atoms with E-state index in [1.54, 1.807) is 16.8 Å². The smallest absolute Gasteiger partial charge is 0.282 e. The number of benzene rings is 1. The zero-order valence-corrected chi connectivity index (χ0v) is 23.3. The molecule has 0 atom stereocenters. The minimum absolute atomic E-state index is 0.254. The van der Waals surface area contributed by atoms with Crippen molar-refractivity contribution in [3.63, 3.8) is 0 Å². The Kier molecular flexibility index (Phi) is 10.5. The van der Waals surface area contributed by atoms with Crippen LogP contribution in [0.2, 0.25) is 0 Å². The number of hydrogen-bond donors (Lipinski definition) is 3. The predicted molar refractivity (Wildman–Crippen MR) is 157 cm³/mol. The number of aliphatic hydroxyl groups excluding tert-OH is 1. The average molecular weight is 562 g/mol. The Hall–Kier alpha value is -4.77. The fourth-order valence-electron chi connectivity index (χ4n) is 4.07. The van der Waals surface area contributed by atoms with Gasteiger partial charge < -0.3 is 20.5 Å². The first kappa shape index (κ1) is 30.8. The number of nitrogens with one attached hydrogen (secondary N) is 2. The number of pyridine rings is 2. The Labute approximate surface area is 237 Å². The van der Waals surface area contributed by atoms with Crippen LogP contribution in [0.4, 0.5) is 20.3 Å². The number of aliphatic hydroxyl groups is 1. The Bertz CT molecular complexity index is 1540. The van der Waals surface area contributed by atoms with E-state index in [2.05, 4.69) is 20.6 Å². The maximum atomic E-state index is 13.7. The van der Waals surface area contributed by atoms with Crippen LogP contribution in [0, 0.1) is 0 Å². The lowest BCUT2D eigenvalue weighted by Gasteiger charge is -2.24. The van der Waals surface area contributed by atoms with Crippen molar-refractivity contribution in [2.75, 3.05) is 17.7 Å². The fraction of sp³-hybridized carbons (Fsp3) is 0.233. The van der Waals surface area contributed by atoms with E-state index in [0.29, 0.717) is 23.8 Å². The molecule has 0 bridgehead atoms. The normalized spacial score (nSPS) is 10.8. The van der Waals surface area contributed by atoms with Crippen molar-refractivity contribution in [1.82, 2.24) is 24.6 Å². The number of aromatic nitrogens is 5. The molecule has 3 N–H and O–H groups in total. The maximum absolute atomic E-state index is 13.7. The van der Waals surface area contributed by atoms with E-state index in [1.165, 1.54) is 6.20 Å². The molecule has 0 aliphatic carbocycles. The van der Waals surface area contributed by atoms with Gasteiger partial charge in [-0.05, 0) is 50.6 Å². The van der Waals surface area contributed by atoms with E-state index >= 15 is 0 Å². The summed E-state index contributed by atoms with van der Waals surface area (Å²) in [6.45, 7) is 8.16. The SMILES string of the molecule is C=O.CC(C)(C)Nc1cc(-c2nc(NCc3ccccn3)c3c(-c4ccccc4)ccn3n2)cnc1C(F)F.CO. The Morgan fingerprint density at radius 3 is 2.32 bits per heavy atom. The molecule has 0 unspecified atom stereocenters. The van der Waals surface area contributed by atoms with Crippen molar-refractivity contribution in [3.05, 3.63) is 90.6 Å². The summed E-state index contributed by atoms with van der Waals surface area (Å²) in [4.78, 5) is 21.3. The van der Waals surface area contributed by atoms with E-state index in [9.17, 15) is 8.78 Å². The summed E-state index contributed by atoms with van der Waals surface area (Å²) < 4.78 is 29.1. The first-order chi connectivity index (χ1) is 19.8. The van der Waals surface area contributed by atoms with Crippen LogP contribution in [0.3, 0.4) is 0 Å². The van der Waals surface area contributed by atoms with Gasteiger partial charge in [-0.1, -0.05) is 36.4 Å². The highest BCUT2D eigenvalue weighted by Crippen LogP contribution is 2.33. The van der Waals surface area contributed by atoms with Crippen LogP contribution in [0.1, 0.15) is 38.6 Å². The molecule has 11 heteroatoms. The number of rotatable bonds is 7. The van der Waals surface area contributed by atoms with Crippen molar-refractivity contribution < 1.29 is 18.7 Å². The standard InChI is InChI=1S/C28H27F2N7.CH4O.CH2O/c1-28(2,3)35-22-15-19(16-32-23(22)25(29)30)26-34-27(33-17-20-11-7-8-13-31-20)24-21(12-14-37(24)36-26)18-9-5-4-6-10-18;2*1-2/h4-16,25,35H,17H2,1-3H3,(H,33,34,36);2H,1H3;1H2. The Morgan fingerprint density at radius 2 is 1.68 bits per heavy atom. The summed E-state index contributed by atoms with van der Waals surface area (Å²) in [6, 6.07) is 19.3. The summed E-state index contributed by atoms with van der Waals surface area (Å²) in [6.07, 6.45) is 2.28. The predicted octanol–water partition coefficient (Wildman–Crippen LogP) is 6.04. The van der Waals surface area contributed by atoms with Crippen molar-refractivity contribution in [2.24, 2.45) is 0 Å². The lowest BCUT2D eigenvalue weighted by atomic mass is 10.1. The molecule has 0 radical (unpaired) electrons. The number of anilines is 2.